The molecule has 0 saturated heterocycles. The van der Waals surface area contributed by atoms with E-state index in [2.05, 4.69) is 35.2 Å². The number of hydrogen-bond acceptors (Lipinski definition) is 2. The van der Waals surface area contributed by atoms with Gasteiger partial charge in [0.25, 0.3) is 0 Å². The molecule has 1 aromatic carbocycles. The standard InChI is InChI=1S/C15H15N3/c1-2-13-14-9-6-10-18(14)17-15(16-13)11-12-7-4-3-5-8-12/h3-10H,2,11H2,1H3. The van der Waals surface area contributed by atoms with Gasteiger partial charge in [0.1, 0.15) is 0 Å². The fraction of sp³-hybridized carbons (Fsp3) is 0.200. The summed E-state index contributed by atoms with van der Waals surface area (Å²) < 4.78 is 1.92. The lowest BCUT2D eigenvalue weighted by atomic mass is 10.1. The fourth-order valence-electron chi connectivity index (χ4n) is 2.16. The van der Waals surface area contributed by atoms with E-state index in [0.29, 0.717) is 0 Å². The minimum absolute atomic E-state index is 0.780. The number of nitrogens with zero attached hydrogens (tertiary/aromatic N) is 3. The summed E-state index contributed by atoms with van der Waals surface area (Å²) in [6.07, 6.45) is 3.68. The average Bonchev–Trinajstić information content (AvgIpc) is 2.87. The van der Waals surface area contributed by atoms with E-state index < -0.39 is 0 Å². The lowest BCUT2D eigenvalue weighted by molar-refractivity contribution is 0.797. The summed E-state index contributed by atoms with van der Waals surface area (Å²) >= 11 is 0. The fourth-order valence-corrected chi connectivity index (χ4v) is 2.16. The van der Waals surface area contributed by atoms with Crippen molar-refractivity contribution >= 4 is 5.52 Å². The van der Waals surface area contributed by atoms with Crippen LogP contribution in [-0.2, 0) is 12.8 Å². The second-order valence-electron chi connectivity index (χ2n) is 4.33. The SMILES string of the molecule is CCc1nc(Cc2ccccc2)nn2cccc12. The first-order valence-electron chi connectivity index (χ1n) is 6.24. The van der Waals surface area contributed by atoms with Crippen LogP contribution in [0.1, 0.15) is 24.0 Å². The van der Waals surface area contributed by atoms with Crippen molar-refractivity contribution in [2.75, 3.05) is 0 Å². The summed E-state index contributed by atoms with van der Waals surface area (Å²) in [7, 11) is 0. The highest BCUT2D eigenvalue weighted by Crippen LogP contribution is 2.11. The third-order valence-electron chi connectivity index (χ3n) is 3.05. The number of aromatic nitrogens is 3. The molecule has 2 heterocycles. The summed E-state index contributed by atoms with van der Waals surface area (Å²) in [6, 6.07) is 14.4. The Morgan fingerprint density at radius 3 is 2.67 bits per heavy atom. The molecule has 0 bridgehead atoms. The van der Waals surface area contributed by atoms with Crippen LogP contribution in [0.2, 0.25) is 0 Å². The van der Waals surface area contributed by atoms with Crippen molar-refractivity contribution in [1.82, 2.24) is 14.6 Å². The molecule has 18 heavy (non-hydrogen) atoms. The van der Waals surface area contributed by atoms with E-state index in [9.17, 15) is 0 Å². The minimum Gasteiger partial charge on any atom is -0.237 e. The van der Waals surface area contributed by atoms with Crippen molar-refractivity contribution in [3.05, 3.63) is 65.7 Å². The van der Waals surface area contributed by atoms with Crippen LogP contribution in [0.5, 0.6) is 0 Å². The van der Waals surface area contributed by atoms with Gasteiger partial charge < -0.3 is 0 Å². The third-order valence-corrected chi connectivity index (χ3v) is 3.05. The largest absolute Gasteiger partial charge is 0.237 e. The zero-order chi connectivity index (χ0) is 12.4. The Morgan fingerprint density at radius 1 is 1.06 bits per heavy atom. The summed E-state index contributed by atoms with van der Waals surface area (Å²) in [5, 5.41) is 4.54. The predicted molar refractivity (Wildman–Crippen MR) is 71.6 cm³/mol. The topological polar surface area (TPSA) is 30.2 Å². The van der Waals surface area contributed by atoms with E-state index in [1.54, 1.807) is 0 Å². The molecule has 0 aliphatic carbocycles. The van der Waals surface area contributed by atoms with Gasteiger partial charge in [0.05, 0.1) is 11.2 Å². The van der Waals surface area contributed by atoms with Gasteiger partial charge in [-0.2, -0.15) is 5.10 Å². The van der Waals surface area contributed by atoms with Crippen molar-refractivity contribution in [2.45, 2.75) is 19.8 Å². The molecule has 0 spiro atoms. The maximum Gasteiger partial charge on any atom is 0.153 e. The molecule has 3 aromatic rings. The Labute approximate surface area is 106 Å². The van der Waals surface area contributed by atoms with Gasteiger partial charge in [-0.15, -0.1) is 0 Å². The molecule has 0 radical (unpaired) electrons. The van der Waals surface area contributed by atoms with Gasteiger partial charge in [0, 0.05) is 12.6 Å². The van der Waals surface area contributed by atoms with Gasteiger partial charge in [-0.25, -0.2) is 9.50 Å². The smallest absolute Gasteiger partial charge is 0.153 e. The molecule has 0 fully saturated rings. The second kappa shape index (κ2) is 4.61. The molecule has 3 heteroatoms. The first-order valence-corrected chi connectivity index (χ1v) is 6.24. The first kappa shape index (κ1) is 11.0. The summed E-state index contributed by atoms with van der Waals surface area (Å²) in [4.78, 5) is 4.65. The van der Waals surface area contributed by atoms with E-state index in [4.69, 9.17) is 0 Å². The van der Waals surface area contributed by atoms with Crippen molar-refractivity contribution in [1.29, 1.82) is 0 Å². The lowest BCUT2D eigenvalue weighted by Crippen LogP contribution is -2.05. The average molecular weight is 237 g/mol. The zero-order valence-corrected chi connectivity index (χ0v) is 10.4. The van der Waals surface area contributed by atoms with Gasteiger partial charge in [0.2, 0.25) is 0 Å². The summed E-state index contributed by atoms with van der Waals surface area (Å²) in [5.41, 5.74) is 3.46. The Kier molecular flexibility index (Phi) is 2.81. The molecule has 2 aromatic heterocycles. The van der Waals surface area contributed by atoms with Crippen molar-refractivity contribution in [3.8, 4) is 0 Å². The monoisotopic (exact) mass is 237 g/mol. The number of benzene rings is 1. The lowest BCUT2D eigenvalue weighted by Gasteiger charge is -2.05. The molecule has 0 atom stereocenters. The van der Waals surface area contributed by atoms with Crippen LogP contribution < -0.4 is 0 Å². The molecule has 0 N–H and O–H groups in total. The predicted octanol–water partition coefficient (Wildman–Crippen LogP) is 2.88. The van der Waals surface area contributed by atoms with Gasteiger partial charge in [-0.05, 0) is 24.1 Å². The highest BCUT2D eigenvalue weighted by atomic mass is 15.2. The molecule has 0 saturated carbocycles. The maximum absolute atomic E-state index is 4.65. The van der Waals surface area contributed by atoms with Crippen molar-refractivity contribution in [2.24, 2.45) is 0 Å². The highest BCUT2D eigenvalue weighted by molar-refractivity contribution is 5.51. The number of hydrogen-bond donors (Lipinski definition) is 0. The Hall–Kier alpha value is -2.16. The Bertz CT molecular complexity index is 656. The molecule has 0 amide bonds. The molecule has 0 aliphatic rings. The van der Waals surface area contributed by atoms with Crippen LogP contribution in [0.25, 0.3) is 5.52 Å². The van der Waals surface area contributed by atoms with E-state index in [-0.39, 0.29) is 0 Å². The molecule has 90 valence electrons. The van der Waals surface area contributed by atoms with E-state index >= 15 is 0 Å². The molecule has 0 unspecified atom stereocenters. The van der Waals surface area contributed by atoms with Gasteiger partial charge in [-0.3, -0.25) is 0 Å². The van der Waals surface area contributed by atoms with Crippen LogP contribution in [0.15, 0.2) is 48.7 Å². The maximum atomic E-state index is 4.65. The van der Waals surface area contributed by atoms with Gasteiger partial charge >= 0.3 is 0 Å². The summed E-state index contributed by atoms with van der Waals surface area (Å²) in [5.74, 6) is 0.877. The van der Waals surface area contributed by atoms with E-state index in [1.165, 1.54) is 5.56 Å². The molecule has 3 rings (SSSR count). The molecular formula is C15H15N3. The molecule has 3 nitrogen and oxygen atoms in total. The second-order valence-corrected chi connectivity index (χ2v) is 4.33. The highest BCUT2D eigenvalue weighted by Gasteiger charge is 2.06. The van der Waals surface area contributed by atoms with Gasteiger partial charge in [-0.1, -0.05) is 37.3 Å². The zero-order valence-electron chi connectivity index (χ0n) is 10.4. The van der Waals surface area contributed by atoms with Crippen LogP contribution in [0, 0.1) is 0 Å². The van der Waals surface area contributed by atoms with Gasteiger partial charge in [0.15, 0.2) is 5.82 Å². The molecule has 0 aliphatic heterocycles. The quantitative estimate of drug-likeness (QED) is 0.701. The number of aryl methyl sites for hydroxylation is 1. The van der Waals surface area contributed by atoms with Crippen LogP contribution in [0.3, 0.4) is 0 Å². The van der Waals surface area contributed by atoms with Crippen molar-refractivity contribution in [3.63, 3.8) is 0 Å². The first-order chi connectivity index (χ1) is 8.86. The van der Waals surface area contributed by atoms with Crippen LogP contribution in [0.4, 0.5) is 0 Å². The minimum atomic E-state index is 0.780. The Balaban J connectivity index is 2.02. The third kappa shape index (κ3) is 1.99. The molecular weight excluding hydrogens is 222 g/mol. The van der Waals surface area contributed by atoms with Crippen LogP contribution in [-0.4, -0.2) is 14.6 Å². The number of fused-ring (bicyclic) bond motifs is 1. The summed E-state index contributed by atoms with van der Waals surface area (Å²) in [6.45, 7) is 2.13. The van der Waals surface area contributed by atoms with E-state index in [0.717, 1.165) is 29.9 Å². The van der Waals surface area contributed by atoms with Crippen LogP contribution >= 0.6 is 0 Å². The van der Waals surface area contributed by atoms with E-state index in [1.807, 2.05) is 35.0 Å². The van der Waals surface area contributed by atoms with Crippen molar-refractivity contribution < 1.29 is 0 Å². The Morgan fingerprint density at radius 2 is 1.89 bits per heavy atom. The number of rotatable bonds is 3. The normalized spacial score (nSPS) is 10.9.